The zero-order valence-corrected chi connectivity index (χ0v) is 15.4. The second-order valence-electron chi connectivity index (χ2n) is 5.37. The van der Waals surface area contributed by atoms with E-state index in [2.05, 4.69) is 10.3 Å². The van der Waals surface area contributed by atoms with Crippen LogP contribution >= 0.6 is 22.9 Å². The number of aromatic nitrogens is 1. The summed E-state index contributed by atoms with van der Waals surface area (Å²) >= 11 is 7.18. The minimum Gasteiger partial charge on any atom is -0.469 e. The molecule has 0 saturated carbocycles. The fourth-order valence-electron chi connectivity index (χ4n) is 2.35. The number of carbonyl (C=O) groups excluding carboxylic acids is 2. The highest BCUT2D eigenvalue weighted by atomic mass is 35.5. The Labute approximate surface area is 159 Å². The molecule has 0 aliphatic heterocycles. The van der Waals surface area contributed by atoms with Crippen LogP contribution in [0.5, 0.6) is 0 Å². The molecule has 2 aromatic carbocycles. The highest BCUT2D eigenvalue weighted by molar-refractivity contribution is 7.16. The Hall–Kier alpha value is -2.70. The standard InChI is InChI=1S/C19H15ClN2O3S/c1-25-16(23)11-15-17(12-6-3-2-4-7-12)21-19(26-15)22-18(24)13-8-5-9-14(20)10-13/h2-10H,11H2,1H3,(H,21,22,24). The number of rotatable bonds is 5. The lowest BCUT2D eigenvalue weighted by Gasteiger charge is -2.02. The molecule has 1 amide bonds. The number of anilines is 1. The van der Waals surface area contributed by atoms with Crippen LogP contribution in [0.2, 0.25) is 5.02 Å². The van der Waals surface area contributed by atoms with Crippen LogP contribution in [-0.2, 0) is 16.0 Å². The van der Waals surface area contributed by atoms with Gasteiger partial charge in [0.05, 0.1) is 19.2 Å². The minimum absolute atomic E-state index is 0.0887. The van der Waals surface area contributed by atoms with Gasteiger partial charge in [-0.2, -0.15) is 0 Å². The van der Waals surface area contributed by atoms with Crippen LogP contribution in [0.15, 0.2) is 54.6 Å². The average molecular weight is 387 g/mol. The van der Waals surface area contributed by atoms with Crippen molar-refractivity contribution in [3.63, 3.8) is 0 Å². The van der Waals surface area contributed by atoms with Crippen LogP contribution in [0, 0.1) is 0 Å². The van der Waals surface area contributed by atoms with Gasteiger partial charge in [0.1, 0.15) is 0 Å². The van der Waals surface area contributed by atoms with Gasteiger partial charge < -0.3 is 4.74 Å². The highest BCUT2D eigenvalue weighted by Gasteiger charge is 2.18. The summed E-state index contributed by atoms with van der Waals surface area (Å²) in [6.45, 7) is 0. The molecule has 1 aromatic heterocycles. The van der Waals surface area contributed by atoms with Crippen molar-refractivity contribution in [3.05, 3.63) is 70.1 Å². The van der Waals surface area contributed by atoms with Crippen molar-refractivity contribution in [1.82, 2.24) is 4.98 Å². The zero-order valence-electron chi connectivity index (χ0n) is 13.9. The normalized spacial score (nSPS) is 10.4. The van der Waals surface area contributed by atoms with Crippen LogP contribution in [0.25, 0.3) is 11.3 Å². The Balaban J connectivity index is 1.90. The Kier molecular flexibility index (Phi) is 5.65. The van der Waals surface area contributed by atoms with Crippen molar-refractivity contribution in [2.45, 2.75) is 6.42 Å². The molecule has 0 aliphatic rings. The minimum atomic E-state index is -0.362. The zero-order chi connectivity index (χ0) is 18.5. The Morgan fingerprint density at radius 3 is 2.62 bits per heavy atom. The summed E-state index contributed by atoms with van der Waals surface area (Å²) in [4.78, 5) is 29.3. The van der Waals surface area contributed by atoms with Gasteiger partial charge in [0, 0.05) is 21.0 Å². The van der Waals surface area contributed by atoms with Gasteiger partial charge in [0.25, 0.3) is 5.91 Å². The van der Waals surface area contributed by atoms with E-state index >= 15 is 0 Å². The summed E-state index contributed by atoms with van der Waals surface area (Å²) < 4.78 is 4.76. The van der Waals surface area contributed by atoms with Crippen molar-refractivity contribution in [1.29, 1.82) is 0 Å². The molecule has 0 atom stereocenters. The van der Waals surface area contributed by atoms with Gasteiger partial charge in [-0.15, -0.1) is 11.3 Å². The number of hydrogen-bond donors (Lipinski definition) is 1. The average Bonchev–Trinajstić information content (AvgIpc) is 3.04. The van der Waals surface area contributed by atoms with Crippen LogP contribution < -0.4 is 5.32 Å². The second-order valence-corrected chi connectivity index (χ2v) is 6.89. The summed E-state index contributed by atoms with van der Waals surface area (Å²) in [7, 11) is 1.34. The van der Waals surface area contributed by atoms with Gasteiger partial charge in [0.2, 0.25) is 0 Å². The lowest BCUT2D eigenvalue weighted by atomic mass is 10.1. The van der Waals surface area contributed by atoms with Crippen LogP contribution in [0.1, 0.15) is 15.2 Å². The predicted molar refractivity (Wildman–Crippen MR) is 103 cm³/mol. The molecule has 0 aliphatic carbocycles. The summed E-state index contributed by atoms with van der Waals surface area (Å²) in [6, 6.07) is 16.1. The predicted octanol–water partition coefficient (Wildman–Crippen LogP) is 4.43. The van der Waals surface area contributed by atoms with Gasteiger partial charge in [0.15, 0.2) is 5.13 Å². The fourth-order valence-corrected chi connectivity index (χ4v) is 3.50. The summed E-state index contributed by atoms with van der Waals surface area (Å²) in [5, 5.41) is 3.65. The van der Waals surface area contributed by atoms with E-state index in [4.69, 9.17) is 16.3 Å². The molecule has 0 fully saturated rings. The van der Waals surface area contributed by atoms with Gasteiger partial charge in [-0.05, 0) is 18.2 Å². The first-order chi connectivity index (χ1) is 12.6. The smallest absolute Gasteiger partial charge is 0.310 e. The molecule has 5 nitrogen and oxygen atoms in total. The number of amides is 1. The molecule has 1 N–H and O–H groups in total. The summed E-state index contributed by atoms with van der Waals surface area (Å²) in [5.74, 6) is -0.677. The first-order valence-electron chi connectivity index (χ1n) is 7.75. The SMILES string of the molecule is COC(=O)Cc1sc(NC(=O)c2cccc(Cl)c2)nc1-c1ccccc1. The highest BCUT2D eigenvalue weighted by Crippen LogP contribution is 2.32. The first-order valence-corrected chi connectivity index (χ1v) is 8.95. The van der Waals surface area contributed by atoms with E-state index in [0.29, 0.717) is 21.4 Å². The van der Waals surface area contributed by atoms with E-state index in [0.717, 1.165) is 10.4 Å². The van der Waals surface area contributed by atoms with Crippen molar-refractivity contribution >= 4 is 39.9 Å². The number of nitrogens with zero attached hydrogens (tertiary/aromatic N) is 1. The van der Waals surface area contributed by atoms with Crippen molar-refractivity contribution in [3.8, 4) is 11.3 Å². The third-order valence-corrected chi connectivity index (χ3v) is 4.79. The van der Waals surface area contributed by atoms with Gasteiger partial charge in [-0.1, -0.05) is 48.0 Å². The topological polar surface area (TPSA) is 68.3 Å². The summed E-state index contributed by atoms with van der Waals surface area (Å²) in [5.41, 5.74) is 1.96. The molecule has 132 valence electrons. The molecule has 0 saturated heterocycles. The third kappa shape index (κ3) is 4.28. The monoisotopic (exact) mass is 386 g/mol. The maximum atomic E-state index is 12.4. The van der Waals surface area contributed by atoms with Crippen LogP contribution in [-0.4, -0.2) is 24.0 Å². The number of halogens is 1. The van der Waals surface area contributed by atoms with E-state index < -0.39 is 0 Å². The molecule has 0 radical (unpaired) electrons. The summed E-state index contributed by atoms with van der Waals surface area (Å²) in [6.07, 6.45) is 0.0887. The number of carbonyl (C=O) groups is 2. The van der Waals surface area contributed by atoms with Crippen LogP contribution in [0.4, 0.5) is 5.13 Å². The number of benzene rings is 2. The molecule has 3 rings (SSSR count). The molecule has 3 aromatic rings. The second kappa shape index (κ2) is 8.12. The van der Waals surface area contributed by atoms with E-state index in [1.54, 1.807) is 24.3 Å². The molecule has 0 spiro atoms. The van der Waals surface area contributed by atoms with Crippen molar-refractivity contribution in [2.24, 2.45) is 0 Å². The van der Waals surface area contributed by atoms with E-state index in [1.807, 2.05) is 30.3 Å². The lowest BCUT2D eigenvalue weighted by molar-refractivity contribution is -0.139. The van der Waals surface area contributed by atoms with E-state index in [9.17, 15) is 9.59 Å². The Morgan fingerprint density at radius 1 is 1.15 bits per heavy atom. The lowest BCUT2D eigenvalue weighted by Crippen LogP contribution is -2.11. The number of methoxy groups -OCH3 is 1. The van der Waals surface area contributed by atoms with Crippen molar-refractivity contribution in [2.75, 3.05) is 12.4 Å². The number of esters is 1. The quantitative estimate of drug-likeness (QED) is 0.658. The molecule has 0 bridgehead atoms. The number of hydrogen-bond acceptors (Lipinski definition) is 5. The number of ether oxygens (including phenoxy) is 1. The van der Waals surface area contributed by atoms with Gasteiger partial charge in [-0.25, -0.2) is 4.98 Å². The molecule has 7 heteroatoms. The Bertz CT molecular complexity index is 941. The Morgan fingerprint density at radius 2 is 1.92 bits per heavy atom. The maximum Gasteiger partial charge on any atom is 0.310 e. The molecular formula is C19H15ClN2O3S. The third-order valence-electron chi connectivity index (χ3n) is 3.58. The van der Waals surface area contributed by atoms with Gasteiger partial charge in [-0.3, -0.25) is 14.9 Å². The molecular weight excluding hydrogens is 372 g/mol. The van der Waals surface area contributed by atoms with Crippen LogP contribution in [0.3, 0.4) is 0 Å². The van der Waals surface area contributed by atoms with Gasteiger partial charge >= 0.3 is 5.97 Å². The molecule has 0 unspecified atom stereocenters. The fraction of sp³-hybridized carbons (Fsp3) is 0.105. The molecule has 1 heterocycles. The van der Waals surface area contributed by atoms with E-state index in [1.165, 1.54) is 18.4 Å². The van der Waals surface area contributed by atoms with E-state index in [-0.39, 0.29) is 18.3 Å². The number of thiazole rings is 1. The largest absolute Gasteiger partial charge is 0.469 e. The van der Waals surface area contributed by atoms with Crippen molar-refractivity contribution < 1.29 is 14.3 Å². The first kappa shape index (κ1) is 18.1. The number of nitrogens with one attached hydrogen (secondary N) is 1. The maximum absolute atomic E-state index is 12.4. The molecule has 26 heavy (non-hydrogen) atoms.